The largest absolute Gasteiger partial charge is 0.398 e. The Kier molecular flexibility index (Phi) is 3.02. The Balaban J connectivity index is 1.85. The minimum Gasteiger partial charge on any atom is -0.398 e. The molecule has 0 bridgehead atoms. The van der Waals surface area contributed by atoms with Crippen LogP contribution in [0.4, 0.5) is 5.69 Å². The number of nitrogens with two attached hydrogens (primary N) is 1. The fraction of sp³-hybridized carbons (Fsp3) is 0.0625. The number of imidazole rings is 1. The van der Waals surface area contributed by atoms with Crippen molar-refractivity contribution in [3.05, 3.63) is 72.8 Å². The van der Waals surface area contributed by atoms with E-state index in [2.05, 4.69) is 29.2 Å². The third-order valence-electron chi connectivity index (χ3n) is 3.15. The van der Waals surface area contributed by atoms with Crippen LogP contribution in [0.1, 0.15) is 5.56 Å². The van der Waals surface area contributed by atoms with E-state index >= 15 is 0 Å². The number of nitrogen functional groups attached to an aromatic ring is 1. The second-order valence-corrected chi connectivity index (χ2v) is 4.52. The molecule has 0 fully saturated rings. The Bertz CT molecular complexity index is 655. The molecule has 0 saturated heterocycles. The Hall–Kier alpha value is -2.55. The molecule has 1 aromatic heterocycles. The Morgan fingerprint density at radius 3 is 2.47 bits per heavy atom. The number of aromatic nitrogens is 2. The molecule has 0 amide bonds. The molecule has 2 N–H and O–H groups in total. The molecule has 94 valence electrons. The van der Waals surface area contributed by atoms with E-state index in [0.29, 0.717) is 0 Å². The quantitative estimate of drug-likeness (QED) is 0.724. The molecule has 0 spiro atoms. The molecule has 3 heteroatoms. The predicted molar refractivity (Wildman–Crippen MR) is 77.6 cm³/mol. The summed E-state index contributed by atoms with van der Waals surface area (Å²) in [6.45, 7) is 0.838. The Labute approximate surface area is 112 Å². The third-order valence-corrected chi connectivity index (χ3v) is 3.15. The van der Waals surface area contributed by atoms with Crippen molar-refractivity contribution < 1.29 is 0 Å². The highest BCUT2D eigenvalue weighted by Gasteiger charge is 2.01. The summed E-state index contributed by atoms with van der Waals surface area (Å²) in [5.74, 6) is 0. The summed E-state index contributed by atoms with van der Waals surface area (Å²) < 4.78 is 2.05. The first kappa shape index (κ1) is 11.5. The molecule has 3 nitrogen and oxygen atoms in total. The maximum absolute atomic E-state index is 5.99. The van der Waals surface area contributed by atoms with Crippen molar-refractivity contribution in [3.8, 4) is 11.1 Å². The molecular formula is C16H15N3. The Morgan fingerprint density at radius 1 is 1.00 bits per heavy atom. The van der Waals surface area contributed by atoms with Gasteiger partial charge < -0.3 is 10.3 Å². The molecule has 3 rings (SSSR count). The van der Waals surface area contributed by atoms with Gasteiger partial charge in [-0.3, -0.25) is 0 Å². The minimum absolute atomic E-state index is 0.810. The summed E-state index contributed by atoms with van der Waals surface area (Å²) in [5, 5.41) is 0. The molecular weight excluding hydrogens is 234 g/mol. The van der Waals surface area contributed by atoms with E-state index in [1.807, 2.05) is 41.4 Å². The van der Waals surface area contributed by atoms with Gasteiger partial charge >= 0.3 is 0 Å². The number of hydrogen-bond acceptors (Lipinski definition) is 2. The van der Waals surface area contributed by atoms with Gasteiger partial charge in [-0.15, -0.1) is 0 Å². The van der Waals surface area contributed by atoms with Crippen molar-refractivity contribution in [3.63, 3.8) is 0 Å². The van der Waals surface area contributed by atoms with Crippen LogP contribution in [-0.4, -0.2) is 9.55 Å². The molecule has 0 unspecified atom stereocenters. The van der Waals surface area contributed by atoms with Crippen LogP contribution in [0.2, 0.25) is 0 Å². The highest BCUT2D eigenvalue weighted by atomic mass is 15.0. The SMILES string of the molecule is Nc1ccccc1-c1ccc(Cn2ccnc2)cc1. The molecule has 3 aromatic rings. The van der Waals surface area contributed by atoms with Crippen LogP contribution in [-0.2, 0) is 6.54 Å². The topological polar surface area (TPSA) is 43.8 Å². The fourth-order valence-electron chi connectivity index (χ4n) is 2.14. The van der Waals surface area contributed by atoms with Gasteiger partial charge in [0.2, 0.25) is 0 Å². The lowest BCUT2D eigenvalue weighted by Gasteiger charge is -2.07. The predicted octanol–water partition coefficient (Wildman–Crippen LogP) is 3.18. The van der Waals surface area contributed by atoms with Gasteiger partial charge in [-0.25, -0.2) is 4.98 Å². The van der Waals surface area contributed by atoms with Crippen LogP contribution >= 0.6 is 0 Å². The van der Waals surface area contributed by atoms with Crippen molar-refractivity contribution in [2.75, 3.05) is 5.73 Å². The average Bonchev–Trinajstić information content (AvgIpc) is 2.93. The van der Waals surface area contributed by atoms with Crippen LogP contribution < -0.4 is 5.73 Å². The van der Waals surface area contributed by atoms with Crippen LogP contribution in [0.25, 0.3) is 11.1 Å². The highest BCUT2D eigenvalue weighted by Crippen LogP contribution is 2.25. The smallest absolute Gasteiger partial charge is 0.0949 e. The fourth-order valence-corrected chi connectivity index (χ4v) is 2.14. The van der Waals surface area contributed by atoms with E-state index in [0.717, 1.165) is 23.4 Å². The molecule has 0 aliphatic carbocycles. The molecule has 0 aliphatic rings. The van der Waals surface area contributed by atoms with Gasteiger partial charge in [0.05, 0.1) is 6.33 Å². The second-order valence-electron chi connectivity index (χ2n) is 4.52. The van der Waals surface area contributed by atoms with E-state index in [4.69, 9.17) is 5.73 Å². The van der Waals surface area contributed by atoms with Crippen molar-refractivity contribution in [1.29, 1.82) is 0 Å². The van der Waals surface area contributed by atoms with E-state index < -0.39 is 0 Å². The van der Waals surface area contributed by atoms with Crippen LogP contribution in [0.3, 0.4) is 0 Å². The molecule has 1 heterocycles. The normalized spacial score (nSPS) is 10.5. The first-order valence-corrected chi connectivity index (χ1v) is 6.22. The molecule has 0 aliphatic heterocycles. The summed E-state index contributed by atoms with van der Waals surface area (Å²) in [5.41, 5.74) is 10.3. The lowest BCUT2D eigenvalue weighted by atomic mass is 10.0. The van der Waals surface area contributed by atoms with Crippen molar-refractivity contribution >= 4 is 5.69 Å². The number of nitrogens with zero attached hydrogens (tertiary/aromatic N) is 2. The average molecular weight is 249 g/mol. The van der Waals surface area contributed by atoms with E-state index in [1.54, 1.807) is 6.20 Å². The number of hydrogen-bond donors (Lipinski definition) is 1. The van der Waals surface area contributed by atoms with Gasteiger partial charge in [-0.05, 0) is 17.2 Å². The van der Waals surface area contributed by atoms with E-state index in [1.165, 1.54) is 5.56 Å². The lowest BCUT2D eigenvalue weighted by Crippen LogP contribution is -1.96. The first-order valence-electron chi connectivity index (χ1n) is 6.22. The summed E-state index contributed by atoms with van der Waals surface area (Å²) in [6.07, 6.45) is 5.57. The molecule has 0 saturated carbocycles. The summed E-state index contributed by atoms with van der Waals surface area (Å²) in [4.78, 5) is 4.04. The first-order chi connectivity index (χ1) is 9.33. The van der Waals surface area contributed by atoms with Gasteiger partial charge in [0.15, 0.2) is 0 Å². The van der Waals surface area contributed by atoms with Gasteiger partial charge in [0.1, 0.15) is 0 Å². The van der Waals surface area contributed by atoms with Gasteiger partial charge in [-0.1, -0.05) is 42.5 Å². The van der Waals surface area contributed by atoms with Crippen molar-refractivity contribution in [2.24, 2.45) is 0 Å². The number of anilines is 1. The van der Waals surface area contributed by atoms with Crippen LogP contribution in [0.5, 0.6) is 0 Å². The van der Waals surface area contributed by atoms with E-state index in [9.17, 15) is 0 Å². The zero-order valence-electron chi connectivity index (χ0n) is 10.5. The van der Waals surface area contributed by atoms with Crippen molar-refractivity contribution in [2.45, 2.75) is 6.54 Å². The molecule has 0 atom stereocenters. The molecule has 0 radical (unpaired) electrons. The molecule has 19 heavy (non-hydrogen) atoms. The standard InChI is InChI=1S/C16H15N3/c17-16-4-2-1-3-15(16)14-7-5-13(6-8-14)11-19-10-9-18-12-19/h1-10,12H,11,17H2. The van der Waals surface area contributed by atoms with Gasteiger partial charge in [0, 0.05) is 30.2 Å². The third kappa shape index (κ3) is 2.50. The van der Waals surface area contributed by atoms with Crippen LogP contribution in [0, 0.1) is 0 Å². The van der Waals surface area contributed by atoms with Crippen LogP contribution in [0.15, 0.2) is 67.3 Å². The maximum Gasteiger partial charge on any atom is 0.0949 e. The lowest BCUT2D eigenvalue weighted by molar-refractivity contribution is 0.797. The highest BCUT2D eigenvalue weighted by molar-refractivity contribution is 5.76. The zero-order chi connectivity index (χ0) is 13.1. The monoisotopic (exact) mass is 249 g/mol. The summed E-state index contributed by atoms with van der Waals surface area (Å²) in [6, 6.07) is 16.4. The Morgan fingerprint density at radius 2 is 1.79 bits per heavy atom. The summed E-state index contributed by atoms with van der Waals surface area (Å²) in [7, 11) is 0. The van der Waals surface area contributed by atoms with Gasteiger partial charge in [0.25, 0.3) is 0 Å². The number of benzene rings is 2. The second kappa shape index (κ2) is 4.98. The van der Waals surface area contributed by atoms with Gasteiger partial charge in [-0.2, -0.15) is 0 Å². The summed E-state index contributed by atoms with van der Waals surface area (Å²) >= 11 is 0. The molecule has 2 aromatic carbocycles. The zero-order valence-corrected chi connectivity index (χ0v) is 10.5. The van der Waals surface area contributed by atoms with E-state index in [-0.39, 0.29) is 0 Å². The number of rotatable bonds is 3. The van der Waals surface area contributed by atoms with Crippen molar-refractivity contribution in [1.82, 2.24) is 9.55 Å². The maximum atomic E-state index is 5.99. The minimum atomic E-state index is 0.810. The number of para-hydroxylation sites is 1.